The third-order valence-corrected chi connectivity index (χ3v) is 9.27. The molecule has 0 saturated heterocycles. The molecule has 9 rings (SSSR count). The molecule has 2 heteroatoms. The number of hydrogen-bond donors (Lipinski definition) is 0. The second-order valence-corrected chi connectivity index (χ2v) is 12.4. The monoisotopic (exact) mass is 625 g/mol. The molecule has 2 nitrogen and oxygen atoms in total. The number of para-hydroxylation sites is 1. The van der Waals surface area contributed by atoms with E-state index in [1.807, 2.05) is 18.2 Å². The lowest BCUT2D eigenvalue weighted by Gasteiger charge is -2.14. The number of fused-ring (bicyclic) bond motifs is 3. The zero-order valence-corrected chi connectivity index (χ0v) is 26.8. The molecule has 2 heterocycles. The number of aromatic nitrogens is 1. The van der Waals surface area contributed by atoms with Crippen LogP contribution in [0, 0.1) is 0 Å². The van der Waals surface area contributed by atoms with Gasteiger partial charge in [0.05, 0.1) is 11.4 Å². The van der Waals surface area contributed by atoms with Crippen molar-refractivity contribution in [1.29, 1.82) is 0 Å². The Balaban J connectivity index is 1.16. The zero-order chi connectivity index (χ0) is 32.6. The molecule has 0 atom stereocenters. The summed E-state index contributed by atoms with van der Waals surface area (Å²) in [6, 6.07) is 66.4. The van der Waals surface area contributed by atoms with Gasteiger partial charge in [-0.15, -0.1) is 0 Å². The third-order valence-electron chi connectivity index (χ3n) is 9.27. The molecule has 0 bridgehead atoms. The van der Waals surface area contributed by atoms with E-state index in [4.69, 9.17) is 9.40 Å². The van der Waals surface area contributed by atoms with Crippen LogP contribution < -0.4 is 0 Å². The first-order valence-electron chi connectivity index (χ1n) is 16.6. The molecule has 0 aliphatic heterocycles. The van der Waals surface area contributed by atoms with Crippen molar-refractivity contribution >= 4 is 21.9 Å². The molecule has 7 aromatic carbocycles. The van der Waals surface area contributed by atoms with Crippen LogP contribution in [0.1, 0.15) is 0 Å². The first-order chi connectivity index (χ1) is 24.2. The van der Waals surface area contributed by atoms with E-state index in [1.54, 1.807) is 0 Å². The Bertz CT molecular complexity index is 2510. The molecular formula is C47H31NO. The summed E-state index contributed by atoms with van der Waals surface area (Å²) in [5, 5.41) is 2.27. The van der Waals surface area contributed by atoms with Gasteiger partial charge in [-0.2, -0.15) is 0 Å². The maximum atomic E-state index is 6.07. The van der Waals surface area contributed by atoms with Crippen LogP contribution in [0.2, 0.25) is 0 Å². The molecule has 2 aromatic heterocycles. The lowest BCUT2D eigenvalue weighted by molar-refractivity contribution is 0.669. The van der Waals surface area contributed by atoms with Crippen molar-refractivity contribution in [1.82, 2.24) is 4.98 Å². The van der Waals surface area contributed by atoms with Gasteiger partial charge in [0.25, 0.3) is 0 Å². The number of nitrogens with zero attached hydrogens (tertiary/aromatic N) is 1. The Labute approximate surface area is 285 Å². The highest BCUT2D eigenvalue weighted by atomic mass is 16.3. The van der Waals surface area contributed by atoms with E-state index < -0.39 is 0 Å². The molecule has 0 unspecified atom stereocenters. The molecule has 0 aliphatic carbocycles. The van der Waals surface area contributed by atoms with Crippen LogP contribution in [0.3, 0.4) is 0 Å². The van der Waals surface area contributed by atoms with Crippen LogP contribution in [0.25, 0.3) is 89.0 Å². The van der Waals surface area contributed by atoms with Crippen molar-refractivity contribution in [2.75, 3.05) is 0 Å². The fraction of sp³-hybridized carbons (Fsp3) is 0. The largest absolute Gasteiger partial charge is 0.456 e. The first-order valence-corrected chi connectivity index (χ1v) is 16.6. The number of pyridine rings is 1. The van der Waals surface area contributed by atoms with Crippen LogP contribution >= 0.6 is 0 Å². The Morgan fingerprint density at radius 3 is 1.29 bits per heavy atom. The summed E-state index contributed by atoms with van der Waals surface area (Å²) in [6.45, 7) is 0. The Hall–Kier alpha value is -6.51. The van der Waals surface area contributed by atoms with Crippen molar-refractivity contribution < 1.29 is 4.42 Å². The molecule has 0 radical (unpaired) electrons. The zero-order valence-electron chi connectivity index (χ0n) is 26.8. The van der Waals surface area contributed by atoms with Gasteiger partial charge in [0, 0.05) is 21.9 Å². The van der Waals surface area contributed by atoms with Crippen molar-refractivity contribution in [3.8, 4) is 67.0 Å². The summed E-state index contributed by atoms with van der Waals surface area (Å²) in [6.07, 6.45) is 0. The first kappa shape index (κ1) is 28.7. The normalized spacial score (nSPS) is 11.3. The van der Waals surface area contributed by atoms with E-state index in [0.717, 1.165) is 66.7 Å². The summed E-state index contributed by atoms with van der Waals surface area (Å²) in [5.41, 5.74) is 15.2. The summed E-state index contributed by atoms with van der Waals surface area (Å²) in [5.74, 6) is 0. The van der Waals surface area contributed by atoms with Crippen LogP contribution in [-0.2, 0) is 0 Å². The van der Waals surface area contributed by atoms with Crippen molar-refractivity contribution in [3.05, 3.63) is 188 Å². The Kier molecular flexibility index (Phi) is 7.18. The van der Waals surface area contributed by atoms with Gasteiger partial charge in [0.15, 0.2) is 0 Å². The SMILES string of the molecule is c1ccc(-c2cc(-c3ccccc3)cc(-c3cc(-c4ccccc4)nc(-c4ccc(-c5ccc6oc7ccccc7c6c5)cc4)c3)c2)cc1. The minimum absolute atomic E-state index is 0.905. The third kappa shape index (κ3) is 5.60. The lowest BCUT2D eigenvalue weighted by Crippen LogP contribution is -1.92. The quantitative estimate of drug-likeness (QED) is 0.184. The minimum Gasteiger partial charge on any atom is -0.456 e. The predicted octanol–water partition coefficient (Wildman–Crippen LogP) is 13.0. The second kappa shape index (κ2) is 12.3. The molecular weight excluding hydrogens is 595 g/mol. The maximum absolute atomic E-state index is 6.07. The van der Waals surface area contributed by atoms with Gasteiger partial charge in [-0.3, -0.25) is 0 Å². The van der Waals surface area contributed by atoms with Crippen molar-refractivity contribution in [2.45, 2.75) is 0 Å². The fourth-order valence-corrected chi connectivity index (χ4v) is 6.73. The van der Waals surface area contributed by atoms with Gasteiger partial charge in [0.1, 0.15) is 11.2 Å². The molecule has 0 N–H and O–H groups in total. The second-order valence-electron chi connectivity index (χ2n) is 12.4. The standard InChI is InChI=1S/C47H31NO/c1-4-12-32(13-5-1)38-26-39(33-14-6-2-7-15-33)28-40(27-38)41-30-44(35-16-8-3-9-17-35)48-45(31-41)36-22-20-34(21-23-36)37-24-25-47-43(29-37)42-18-10-11-19-46(42)49-47/h1-31H. The molecule has 9 aromatic rings. The molecule has 0 spiro atoms. The number of furan rings is 1. The smallest absolute Gasteiger partial charge is 0.135 e. The minimum atomic E-state index is 0.905. The number of rotatable bonds is 6. The fourth-order valence-electron chi connectivity index (χ4n) is 6.73. The number of benzene rings is 7. The van der Waals surface area contributed by atoms with Gasteiger partial charge in [-0.05, 0) is 93.0 Å². The molecule has 0 saturated carbocycles. The van der Waals surface area contributed by atoms with E-state index in [2.05, 4.69) is 170 Å². The average Bonchev–Trinajstić information content (AvgIpc) is 3.57. The van der Waals surface area contributed by atoms with E-state index in [-0.39, 0.29) is 0 Å². The van der Waals surface area contributed by atoms with Gasteiger partial charge >= 0.3 is 0 Å². The molecule has 49 heavy (non-hydrogen) atoms. The lowest BCUT2D eigenvalue weighted by atomic mass is 9.92. The average molecular weight is 626 g/mol. The molecule has 0 fully saturated rings. The Morgan fingerprint density at radius 2 is 0.673 bits per heavy atom. The van der Waals surface area contributed by atoms with Crippen molar-refractivity contribution in [2.24, 2.45) is 0 Å². The van der Waals surface area contributed by atoms with Gasteiger partial charge in [0.2, 0.25) is 0 Å². The maximum Gasteiger partial charge on any atom is 0.135 e. The highest BCUT2D eigenvalue weighted by molar-refractivity contribution is 6.06. The van der Waals surface area contributed by atoms with Crippen molar-refractivity contribution in [3.63, 3.8) is 0 Å². The summed E-state index contributed by atoms with van der Waals surface area (Å²) < 4.78 is 6.07. The van der Waals surface area contributed by atoms with Crippen LogP contribution in [0.5, 0.6) is 0 Å². The molecule has 0 amide bonds. The van der Waals surface area contributed by atoms with Crippen LogP contribution in [0.15, 0.2) is 192 Å². The summed E-state index contributed by atoms with van der Waals surface area (Å²) >= 11 is 0. The topological polar surface area (TPSA) is 26.0 Å². The van der Waals surface area contributed by atoms with E-state index in [9.17, 15) is 0 Å². The van der Waals surface area contributed by atoms with Gasteiger partial charge < -0.3 is 4.42 Å². The van der Waals surface area contributed by atoms with E-state index in [1.165, 1.54) is 22.3 Å². The predicted molar refractivity (Wildman–Crippen MR) is 204 cm³/mol. The Morgan fingerprint density at radius 1 is 0.265 bits per heavy atom. The number of hydrogen-bond acceptors (Lipinski definition) is 2. The molecule has 230 valence electrons. The highest BCUT2D eigenvalue weighted by Gasteiger charge is 2.13. The van der Waals surface area contributed by atoms with E-state index in [0.29, 0.717) is 0 Å². The summed E-state index contributed by atoms with van der Waals surface area (Å²) in [7, 11) is 0. The van der Waals surface area contributed by atoms with Gasteiger partial charge in [-0.25, -0.2) is 4.98 Å². The van der Waals surface area contributed by atoms with E-state index >= 15 is 0 Å². The highest BCUT2D eigenvalue weighted by Crippen LogP contribution is 2.37. The van der Waals surface area contributed by atoms with Crippen LogP contribution in [-0.4, -0.2) is 4.98 Å². The van der Waals surface area contributed by atoms with Crippen LogP contribution in [0.4, 0.5) is 0 Å². The van der Waals surface area contributed by atoms with Gasteiger partial charge in [-0.1, -0.05) is 140 Å². The summed E-state index contributed by atoms with van der Waals surface area (Å²) in [4.78, 5) is 5.22. The molecule has 0 aliphatic rings.